The summed E-state index contributed by atoms with van der Waals surface area (Å²) in [5, 5.41) is 9.76. The molecule has 148 valence electrons. The molecule has 2 amide bonds. The van der Waals surface area contributed by atoms with Crippen molar-refractivity contribution in [3.63, 3.8) is 0 Å². The van der Waals surface area contributed by atoms with Gasteiger partial charge in [0.1, 0.15) is 12.4 Å². The zero-order valence-electron chi connectivity index (χ0n) is 16.2. The van der Waals surface area contributed by atoms with Gasteiger partial charge in [-0.3, -0.25) is 14.7 Å². The van der Waals surface area contributed by atoms with Gasteiger partial charge >= 0.3 is 0 Å². The normalized spacial score (nSPS) is 16.1. The minimum Gasteiger partial charge on any atom is -0.491 e. The topological polar surface area (TPSA) is 87.3 Å². The Kier molecular flexibility index (Phi) is 5.32. The quantitative estimate of drug-likeness (QED) is 0.801. The van der Waals surface area contributed by atoms with Crippen LogP contribution in [0.5, 0.6) is 5.75 Å². The van der Waals surface area contributed by atoms with Gasteiger partial charge in [0.15, 0.2) is 0 Å². The number of hydrogen-bond donors (Lipinski definition) is 2. The van der Waals surface area contributed by atoms with E-state index in [0.29, 0.717) is 39.1 Å². The summed E-state index contributed by atoms with van der Waals surface area (Å²) in [5.41, 5.74) is 4.07. The average molecular weight is 382 g/mol. The summed E-state index contributed by atoms with van der Waals surface area (Å²) in [6.45, 7) is 4.17. The van der Waals surface area contributed by atoms with Crippen molar-refractivity contribution in [2.24, 2.45) is 5.92 Å². The maximum atomic E-state index is 12.4. The van der Waals surface area contributed by atoms with Gasteiger partial charge in [-0.05, 0) is 37.8 Å². The van der Waals surface area contributed by atoms with Gasteiger partial charge in [0.05, 0.1) is 12.7 Å². The fraction of sp³-hybridized carbons (Fsp3) is 0.476. The zero-order chi connectivity index (χ0) is 19.5. The summed E-state index contributed by atoms with van der Waals surface area (Å²) >= 11 is 0. The van der Waals surface area contributed by atoms with E-state index in [1.54, 1.807) is 6.20 Å². The van der Waals surface area contributed by atoms with Gasteiger partial charge in [-0.15, -0.1) is 0 Å². The second kappa shape index (κ2) is 8.04. The number of fused-ring (bicyclic) bond motifs is 1. The fourth-order valence-corrected chi connectivity index (χ4v) is 3.47. The maximum Gasteiger partial charge on any atom is 0.226 e. The van der Waals surface area contributed by atoms with Crippen LogP contribution in [0.25, 0.3) is 0 Å². The second-order valence-electron chi connectivity index (χ2n) is 7.62. The number of nitrogens with zero attached hydrogens (tertiary/aromatic N) is 2. The van der Waals surface area contributed by atoms with Crippen molar-refractivity contribution >= 4 is 11.8 Å². The molecule has 0 bridgehead atoms. The van der Waals surface area contributed by atoms with Crippen molar-refractivity contribution in [2.75, 3.05) is 13.2 Å². The number of carbonyl (C=O) groups is 2. The highest BCUT2D eigenvalue weighted by atomic mass is 16.5. The van der Waals surface area contributed by atoms with Gasteiger partial charge in [-0.25, -0.2) is 0 Å². The Labute approximate surface area is 164 Å². The molecule has 2 aliphatic rings. The van der Waals surface area contributed by atoms with Crippen molar-refractivity contribution < 1.29 is 14.3 Å². The van der Waals surface area contributed by atoms with Crippen LogP contribution in [-0.4, -0.2) is 40.1 Å². The van der Waals surface area contributed by atoms with E-state index in [9.17, 15) is 9.59 Å². The first kappa shape index (κ1) is 18.5. The highest BCUT2D eigenvalue weighted by Gasteiger charge is 2.34. The van der Waals surface area contributed by atoms with Gasteiger partial charge < -0.3 is 15.0 Å². The van der Waals surface area contributed by atoms with Crippen molar-refractivity contribution in [3.05, 3.63) is 46.8 Å². The van der Waals surface area contributed by atoms with Gasteiger partial charge in [-0.2, -0.15) is 5.10 Å². The average Bonchev–Trinajstić information content (AvgIpc) is 3.49. The number of ether oxygens (including phenoxy) is 1. The zero-order valence-corrected chi connectivity index (χ0v) is 16.2. The Morgan fingerprint density at radius 3 is 2.96 bits per heavy atom. The van der Waals surface area contributed by atoms with E-state index in [1.807, 2.05) is 24.0 Å². The smallest absolute Gasteiger partial charge is 0.226 e. The van der Waals surface area contributed by atoms with E-state index >= 15 is 0 Å². The molecule has 0 unspecified atom stereocenters. The van der Waals surface area contributed by atoms with E-state index in [0.717, 1.165) is 41.0 Å². The van der Waals surface area contributed by atoms with Crippen molar-refractivity contribution in [1.29, 1.82) is 0 Å². The summed E-state index contributed by atoms with van der Waals surface area (Å²) < 4.78 is 5.82. The Bertz CT molecular complexity index is 872. The molecule has 2 heterocycles. The molecule has 0 atom stereocenters. The second-order valence-corrected chi connectivity index (χ2v) is 7.62. The first-order valence-electron chi connectivity index (χ1n) is 9.89. The standard InChI is InChI=1S/C21H26N4O3/c1-14-18(12-23-24-14)11-22-20(26)7-3-15-2-6-19-17(10-15)13-25(8-9-28-19)21(27)16-4-5-16/h2,6,10,12,16H,3-5,7-9,11,13H2,1H3,(H,22,26)(H,23,24). The Hall–Kier alpha value is -2.83. The number of aromatic nitrogens is 2. The third kappa shape index (κ3) is 4.35. The monoisotopic (exact) mass is 382 g/mol. The SMILES string of the molecule is Cc1[nH]ncc1CNC(=O)CCc1ccc2c(c1)CN(C(=O)C1CC1)CCO2. The minimum atomic E-state index is 0.0114. The third-order valence-corrected chi connectivity index (χ3v) is 5.39. The molecule has 7 nitrogen and oxygen atoms in total. The van der Waals surface area contributed by atoms with Gasteiger partial charge in [0, 0.05) is 42.2 Å². The molecule has 4 rings (SSSR count). The minimum absolute atomic E-state index is 0.0114. The first-order chi connectivity index (χ1) is 13.6. The van der Waals surface area contributed by atoms with E-state index in [-0.39, 0.29) is 17.7 Å². The molecular formula is C21H26N4O3. The molecule has 2 N–H and O–H groups in total. The molecule has 1 saturated carbocycles. The number of rotatable bonds is 6. The molecule has 1 aromatic heterocycles. The van der Waals surface area contributed by atoms with Gasteiger partial charge in [-0.1, -0.05) is 12.1 Å². The molecule has 1 aliphatic carbocycles. The lowest BCUT2D eigenvalue weighted by molar-refractivity contribution is -0.133. The van der Waals surface area contributed by atoms with Crippen LogP contribution >= 0.6 is 0 Å². The van der Waals surface area contributed by atoms with Crippen LogP contribution in [0.15, 0.2) is 24.4 Å². The molecule has 0 spiro atoms. The van der Waals surface area contributed by atoms with Crippen LogP contribution in [0.1, 0.15) is 41.6 Å². The third-order valence-electron chi connectivity index (χ3n) is 5.39. The van der Waals surface area contributed by atoms with Gasteiger partial charge in [0.25, 0.3) is 0 Å². The van der Waals surface area contributed by atoms with Crippen LogP contribution < -0.4 is 10.1 Å². The Morgan fingerprint density at radius 1 is 1.36 bits per heavy atom. The largest absolute Gasteiger partial charge is 0.491 e. The molecule has 0 radical (unpaired) electrons. The summed E-state index contributed by atoms with van der Waals surface area (Å²) in [6.07, 6.45) is 4.82. The van der Waals surface area contributed by atoms with Crippen LogP contribution in [0.4, 0.5) is 0 Å². The van der Waals surface area contributed by atoms with E-state index in [2.05, 4.69) is 21.6 Å². The Balaban J connectivity index is 1.33. The number of carbonyl (C=O) groups excluding carboxylic acids is 2. The highest BCUT2D eigenvalue weighted by Crippen LogP contribution is 2.33. The number of benzene rings is 1. The molecule has 1 fully saturated rings. The number of aryl methyl sites for hydroxylation is 2. The van der Waals surface area contributed by atoms with Crippen LogP contribution in [0, 0.1) is 12.8 Å². The van der Waals surface area contributed by atoms with E-state index < -0.39 is 0 Å². The number of H-pyrrole nitrogens is 1. The molecule has 28 heavy (non-hydrogen) atoms. The molecule has 1 aliphatic heterocycles. The van der Waals surface area contributed by atoms with E-state index in [4.69, 9.17) is 4.74 Å². The fourth-order valence-electron chi connectivity index (χ4n) is 3.47. The van der Waals surface area contributed by atoms with Crippen LogP contribution in [-0.2, 0) is 29.1 Å². The molecular weight excluding hydrogens is 356 g/mol. The lowest BCUT2D eigenvalue weighted by Gasteiger charge is -2.19. The number of aromatic amines is 1. The predicted molar refractivity (Wildman–Crippen MR) is 104 cm³/mol. The number of amides is 2. The predicted octanol–water partition coefficient (Wildman–Crippen LogP) is 2.10. The summed E-state index contributed by atoms with van der Waals surface area (Å²) in [7, 11) is 0. The number of nitrogens with one attached hydrogen (secondary N) is 2. The maximum absolute atomic E-state index is 12.4. The van der Waals surface area contributed by atoms with Crippen molar-refractivity contribution in [1.82, 2.24) is 20.4 Å². The van der Waals surface area contributed by atoms with Crippen LogP contribution in [0.3, 0.4) is 0 Å². The summed E-state index contributed by atoms with van der Waals surface area (Å²) in [4.78, 5) is 26.5. The molecule has 0 saturated heterocycles. The summed E-state index contributed by atoms with van der Waals surface area (Å²) in [6, 6.07) is 6.04. The van der Waals surface area contributed by atoms with Gasteiger partial charge in [0.2, 0.25) is 11.8 Å². The first-order valence-corrected chi connectivity index (χ1v) is 9.89. The van der Waals surface area contributed by atoms with Crippen LogP contribution in [0.2, 0.25) is 0 Å². The Morgan fingerprint density at radius 2 is 2.21 bits per heavy atom. The molecule has 2 aromatic rings. The molecule has 7 heteroatoms. The summed E-state index contributed by atoms with van der Waals surface area (Å²) in [5.74, 6) is 1.31. The van der Waals surface area contributed by atoms with Crippen molar-refractivity contribution in [2.45, 2.75) is 45.7 Å². The molecule has 1 aromatic carbocycles. The highest BCUT2D eigenvalue weighted by molar-refractivity contribution is 5.81. The number of hydrogen-bond acceptors (Lipinski definition) is 4. The van der Waals surface area contributed by atoms with E-state index in [1.165, 1.54) is 0 Å². The van der Waals surface area contributed by atoms with Crippen molar-refractivity contribution in [3.8, 4) is 5.75 Å². The lowest BCUT2D eigenvalue weighted by Crippen LogP contribution is -2.33. The lowest BCUT2D eigenvalue weighted by atomic mass is 10.0.